The second kappa shape index (κ2) is 6.67. The Kier molecular flexibility index (Phi) is 5.06. The fraction of sp³-hybridized carbons (Fsp3) is 0.750. The lowest BCUT2D eigenvalue weighted by Crippen LogP contribution is -2.44. The Labute approximate surface area is 139 Å². The Bertz CT molecular complexity index is 465. The molecule has 118 valence electrons. The van der Waals surface area contributed by atoms with Gasteiger partial charge >= 0.3 is 0 Å². The van der Waals surface area contributed by atoms with Crippen molar-refractivity contribution in [3.8, 4) is 0 Å². The van der Waals surface area contributed by atoms with Crippen LogP contribution in [0, 0.1) is 12.8 Å². The monoisotopic (exact) mass is 373 g/mol. The normalized spacial score (nSPS) is 30.9. The van der Waals surface area contributed by atoms with Gasteiger partial charge in [0, 0.05) is 30.6 Å². The molecule has 2 aliphatic rings. The molecule has 0 bridgehead atoms. The number of aryl methyl sites for hydroxylation is 1. The van der Waals surface area contributed by atoms with Crippen molar-refractivity contribution in [3.63, 3.8) is 0 Å². The molecular weight excluding hydrogens is 350 g/mol. The molecule has 0 amide bonds. The molecule has 2 fully saturated rings. The van der Waals surface area contributed by atoms with Crippen LogP contribution in [0.5, 0.6) is 0 Å². The minimum atomic E-state index is -0.0138. The number of hydrogen-bond donors (Lipinski definition) is 1. The van der Waals surface area contributed by atoms with E-state index in [-0.39, 0.29) is 5.60 Å². The summed E-state index contributed by atoms with van der Waals surface area (Å²) < 4.78 is 13.0. The lowest BCUT2D eigenvalue weighted by Gasteiger charge is -2.40. The van der Waals surface area contributed by atoms with Crippen molar-refractivity contribution in [2.75, 3.05) is 26.4 Å². The van der Waals surface area contributed by atoms with Gasteiger partial charge in [-0.05, 0) is 59.8 Å². The lowest BCUT2D eigenvalue weighted by atomic mass is 9.80. The highest BCUT2D eigenvalue weighted by Crippen LogP contribution is 2.43. The molecule has 0 saturated carbocycles. The molecule has 3 atom stereocenters. The Hall–Kier alpha value is 0.0600. The van der Waals surface area contributed by atoms with Crippen LogP contribution in [-0.2, 0) is 9.47 Å². The van der Waals surface area contributed by atoms with E-state index in [2.05, 4.69) is 41.2 Å². The molecule has 21 heavy (non-hydrogen) atoms. The molecule has 0 aromatic carbocycles. The third-order valence-corrected chi connectivity index (χ3v) is 6.90. The van der Waals surface area contributed by atoms with Gasteiger partial charge in [-0.15, -0.1) is 11.3 Å². The zero-order valence-electron chi connectivity index (χ0n) is 12.8. The van der Waals surface area contributed by atoms with Crippen LogP contribution in [0.25, 0.3) is 0 Å². The molecule has 3 rings (SSSR count). The van der Waals surface area contributed by atoms with E-state index < -0.39 is 0 Å². The zero-order valence-corrected chi connectivity index (χ0v) is 15.2. The molecule has 5 heteroatoms. The van der Waals surface area contributed by atoms with Gasteiger partial charge in [-0.1, -0.05) is 6.92 Å². The molecule has 1 spiro atoms. The molecule has 0 radical (unpaired) electrons. The maximum absolute atomic E-state index is 6.09. The topological polar surface area (TPSA) is 30.5 Å². The van der Waals surface area contributed by atoms with Gasteiger partial charge in [-0.2, -0.15) is 0 Å². The molecular formula is C16H24BrNO2S. The van der Waals surface area contributed by atoms with Crippen LogP contribution < -0.4 is 5.32 Å². The minimum Gasteiger partial charge on any atom is -0.378 e. The number of halogens is 1. The predicted octanol–water partition coefficient (Wildman–Crippen LogP) is 4.06. The van der Waals surface area contributed by atoms with Gasteiger partial charge in [0.15, 0.2) is 0 Å². The van der Waals surface area contributed by atoms with Gasteiger partial charge in [-0.25, -0.2) is 0 Å². The van der Waals surface area contributed by atoms with E-state index >= 15 is 0 Å². The standard InChI is InChI=1S/C16H24BrNO2S/c1-3-18-14(13-8-11(2)15(17)21-13)12-4-6-20-16(9-12)5-7-19-10-16/h8,12,14,18H,3-7,9-10H2,1-2H3. The van der Waals surface area contributed by atoms with Gasteiger partial charge < -0.3 is 14.8 Å². The van der Waals surface area contributed by atoms with Gasteiger partial charge in [0.25, 0.3) is 0 Å². The maximum atomic E-state index is 6.09. The molecule has 0 aliphatic carbocycles. The summed E-state index contributed by atoms with van der Waals surface area (Å²) in [5.41, 5.74) is 1.32. The molecule has 1 aromatic rings. The summed E-state index contributed by atoms with van der Waals surface area (Å²) in [6, 6.07) is 2.77. The van der Waals surface area contributed by atoms with Crippen molar-refractivity contribution >= 4 is 27.3 Å². The number of ether oxygens (including phenoxy) is 2. The summed E-state index contributed by atoms with van der Waals surface area (Å²) in [6.07, 6.45) is 3.29. The first-order chi connectivity index (χ1) is 10.1. The quantitative estimate of drug-likeness (QED) is 0.862. The van der Waals surface area contributed by atoms with Gasteiger partial charge in [0.1, 0.15) is 0 Å². The fourth-order valence-corrected chi connectivity index (χ4v) is 5.31. The van der Waals surface area contributed by atoms with Crippen LogP contribution in [-0.4, -0.2) is 32.0 Å². The van der Waals surface area contributed by atoms with Crippen LogP contribution in [0.3, 0.4) is 0 Å². The van der Waals surface area contributed by atoms with E-state index in [1.165, 1.54) is 14.2 Å². The average molecular weight is 374 g/mol. The number of thiophene rings is 1. The van der Waals surface area contributed by atoms with Gasteiger partial charge in [0.2, 0.25) is 0 Å². The van der Waals surface area contributed by atoms with Gasteiger partial charge in [0.05, 0.1) is 16.0 Å². The van der Waals surface area contributed by atoms with Crippen LogP contribution in [0.15, 0.2) is 9.85 Å². The van der Waals surface area contributed by atoms with Crippen molar-refractivity contribution in [2.24, 2.45) is 5.92 Å². The molecule has 3 unspecified atom stereocenters. The lowest BCUT2D eigenvalue weighted by molar-refractivity contribution is -0.103. The van der Waals surface area contributed by atoms with Crippen molar-refractivity contribution in [3.05, 3.63) is 20.3 Å². The highest BCUT2D eigenvalue weighted by molar-refractivity contribution is 9.11. The molecule has 1 aromatic heterocycles. The second-order valence-electron chi connectivity index (χ2n) is 6.23. The molecule has 1 N–H and O–H groups in total. The summed E-state index contributed by atoms with van der Waals surface area (Å²) in [4.78, 5) is 1.45. The summed E-state index contributed by atoms with van der Waals surface area (Å²) in [5.74, 6) is 0.630. The predicted molar refractivity (Wildman–Crippen MR) is 90.0 cm³/mol. The van der Waals surface area contributed by atoms with Crippen molar-refractivity contribution in [2.45, 2.75) is 44.8 Å². The Morgan fingerprint density at radius 2 is 2.38 bits per heavy atom. The summed E-state index contributed by atoms with van der Waals surface area (Å²) in [5, 5.41) is 3.71. The minimum absolute atomic E-state index is 0.0138. The van der Waals surface area contributed by atoms with E-state index in [1.807, 2.05) is 11.3 Å². The molecule has 2 aliphatic heterocycles. The Balaban J connectivity index is 1.79. The van der Waals surface area contributed by atoms with E-state index in [4.69, 9.17) is 9.47 Å². The summed E-state index contributed by atoms with van der Waals surface area (Å²) >= 11 is 5.53. The first kappa shape index (κ1) is 15.9. The highest BCUT2D eigenvalue weighted by atomic mass is 79.9. The number of nitrogens with one attached hydrogen (secondary N) is 1. The van der Waals surface area contributed by atoms with E-state index in [9.17, 15) is 0 Å². The van der Waals surface area contributed by atoms with E-state index in [0.717, 1.165) is 45.6 Å². The summed E-state index contributed by atoms with van der Waals surface area (Å²) in [6.45, 7) is 7.85. The van der Waals surface area contributed by atoms with E-state index in [0.29, 0.717) is 12.0 Å². The third kappa shape index (κ3) is 3.37. The molecule has 2 saturated heterocycles. The smallest absolute Gasteiger partial charge is 0.0940 e. The second-order valence-corrected chi connectivity index (χ2v) is 8.63. The SMILES string of the molecule is CCNC(c1cc(C)c(Br)s1)C1CCOC2(CCOC2)C1. The Morgan fingerprint density at radius 1 is 1.52 bits per heavy atom. The highest BCUT2D eigenvalue weighted by Gasteiger charge is 2.43. The first-order valence-corrected chi connectivity index (χ1v) is 9.45. The van der Waals surface area contributed by atoms with Crippen molar-refractivity contribution in [1.82, 2.24) is 5.32 Å². The number of rotatable bonds is 4. The van der Waals surface area contributed by atoms with Gasteiger partial charge in [-0.3, -0.25) is 0 Å². The van der Waals surface area contributed by atoms with Crippen LogP contribution in [0.2, 0.25) is 0 Å². The largest absolute Gasteiger partial charge is 0.378 e. The zero-order chi connectivity index (χ0) is 14.9. The number of hydrogen-bond acceptors (Lipinski definition) is 4. The molecule has 3 heterocycles. The third-order valence-electron chi connectivity index (χ3n) is 4.68. The van der Waals surface area contributed by atoms with Crippen molar-refractivity contribution in [1.29, 1.82) is 0 Å². The van der Waals surface area contributed by atoms with Crippen LogP contribution in [0.1, 0.15) is 42.7 Å². The Morgan fingerprint density at radius 3 is 3.00 bits per heavy atom. The first-order valence-electron chi connectivity index (χ1n) is 7.84. The maximum Gasteiger partial charge on any atom is 0.0940 e. The average Bonchev–Trinajstić information content (AvgIpc) is 3.04. The fourth-order valence-electron chi connectivity index (χ4n) is 3.57. The summed E-state index contributed by atoms with van der Waals surface area (Å²) in [7, 11) is 0. The van der Waals surface area contributed by atoms with E-state index in [1.54, 1.807) is 0 Å². The molecule has 3 nitrogen and oxygen atoms in total. The van der Waals surface area contributed by atoms with Crippen molar-refractivity contribution < 1.29 is 9.47 Å². The van der Waals surface area contributed by atoms with Crippen LogP contribution >= 0.6 is 27.3 Å². The van der Waals surface area contributed by atoms with Crippen LogP contribution in [0.4, 0.5) is 0 Å².